The first-order chi connectivity index (χ1) is 42.3. The lowest BCUT2D eigenvalue weighted by Crippen LogP contribution is -2.20. The van der Waals surface area contributed by atoms with Gasteiger partial charge in [-0.3, -0.25) is 19.5 Å². The molecular formula is C75H114N16O. The molecule has 0 radical (unpaired) electrons. The third kappa shape index (κ3) is 23.8. The Bertz CT molecular complexity index is 3560. The molecule has 9 aromatic rings. The van der Waals surface area contributed by atoms with Crippen molar-refractivity contribution in [2.75, 3.05) is 0 Å². The molecule has 0 aliphatic rings. The average Bonchev–Trinajstić information content (AvgIpc) is 1.25. The van der Waals surface area contributed by atoms with E-state index in [0.717, 1.165) is 114 Å². The van der Waals surface area contributed by atoms with Gasteiger partial charge < -0.3 is 0 Å². The molecule has 0 amide bonds. The molecule has 9 rings (SSSR count). The molecule has 17 heteroatoms. The summed E-state index contributed by atoms with van der Waals surface area (Å²) in [5.41, 5.74) is 38.4. The highest BCUT2D eigenvalue weighted by Crippen LogP contribution is 2.25. The van der Waals surface area contributed by atoms with E-state index < -0.39 is 0 Å². The van der Waals surface area contributed by atoms with Crippen molar-refractivity contribution in [2.45, 2.75) is 249 Å². The largest absolute Gasteiger partial charge is 0.345 e. The zero-order valence-electron chi connectivity index (χ0n) is 64.1. The quantitative estimate of drug-likeness (QED) is 0.138. The summed E-state index contributed by atoms with van der Waals surface area (Å²) in [4.78, 5) is 49.2. The minimum atomic E-state index is -0.0764. The van der Waals surface area contributed by atoms with Crippen molar-refractivity contribution in [3.63, 3.8) is 0 Å². The minimum Gasteiger partial charge on any atom is -0.282 e. The Morgan fingerprint density at radius 2 is 0.359 bits per heavy atom. The Hall–Kier alpha value is -8.21. The summed E-state index contributed by atoms with van der Waals surface area (Å²) < 4.78 is 2.81. The molecule has 8 aromatic heterocycles. The summed E-state index contributed by atoms with van der Waals surface area (Å²) in [5, 5.41) is 19.8. The van der Waals surface area contributed by atoms with Crippen LogP contribution in [0.15, 0.2) is 4.79 Å². The molecule has 17 nitrogen and oxygen atoms in total. The van der Waals surface area contributed by atoms with Gasteiger partial charge in [0.1, 0.15) is 23.3 Å². The van der Waals surface area contributed by atoms with Gasteiger partial charge in [0.25, 0.3) is 0 Å². The second-order valence-electron chi connectivity index (χ2n) is 24.4. The summed E-state index contributed by atoms with van der Waals surface area (Å²) >= 11 is 0. The van der Waals surface area contributed by atoms with Crippen LogP contribution >= 0.6 is 0 Å². The Balaban J connectivity index is 0.000000518. The van der Waals surface area contributed by atoms with Crippen molar-refractivity contribution in [3.8, 4) is 0 Å². The number of benzene rings is 1. The van der Waals surface area contributed by atoms with Crippen LogP contribution in [0.4, 0.5) is 0 Å². The molecule has 1 aromatic carbocycles. The van der Waals surface area contributed by atoms with Crippen LogP contribution in [-0.2, 0) is 14.1 Å². The molecule has 0 aliphatic carbocycles. The first kappa shape index (κ1) is 81.8. The number of nitrogens with zero attached hydrogens (tertiary/aromatic N) is 16. The predicted molar refractivity (Wildman–Crippen MR) is 382 cm³/mol. The smallest absolute Gasteiger partial charge is 0.282 e. The maximum atomic E-state index is 10.9. The van der Waals surface area contributed by atoms with Gasteiger partial charge in [0.15, 0.2) is 0 Å². The van der Waals surface area contributed by atoms with E-state index in [9.17, 15) is 4.79 Å². The second-order valence-corrected chi connectivity index (χ2v) is 24.4. The highest BCUT2D eigenvalue weighted by molar-refractivity contribution is 5.48. The van der Waals surface area contributed by atoms with Gasteiger partial charge in [0.05, 0.1) is 45.6 Å². The lowest BCUT2D eigenvalue weighted by molar-refractivity contribution is 0.713. The number of aromatic nitrogens is 16. The molecule has 0 fully saturated rings. The molecule has 0 saturated heterocycles. The molecular weight excluding hydrogens is 1140 g/mol. The average molecular weight is 1260 g/mol. The predicted octanol–water partition coefficient (Wildman–Crippen LogP) is 15.8. The molecule has 0 unspecified atom stereocenters. The Morgan fingerprint density at radius 3 is 0.522 bits per heavy atom. The van der Waals surface area contributed by atoms with Crippen molar-refractivity contribution < 1.29 is 0 Å². The van der Waals surface area contributed by atoms with E-state index >= 15 is 0 Å². The maximum Gasteiger partial charge on any atom is 0.345 e. The topological polar surface area (TPSA) is 207 Å². The van der Waals surface area contributed by atoms with Crippen molar-refractivity contribution in [1.29, 1.82) is 0 Å². The molecule has 0 atom stereocenters. The first-order valence-corrected chi connectivity index (χ1v) is 31.5. The summed E-state index contributed by atoms with van der Waals surface area (Å²) in [6.07, 6.45) is 0. The van der Waals surface area contributed by atoms with Crippen LogP contribution in [0.5, 0.6) is 0 Å². The van der Waals surface area contributed by atoms with Crippen LogP contribution in [0.1, 0.15) is 203 Å². The maximum absolute atomic E-state index is 10.9. The molecule has 500 valence electrons. The Labute approximate surface area is 554 Å². The Kier molecular flexibility index (Phi) is 32.7. The van der Waals surface area contributed by atoms with E-state index in [0.29, 0.717) is 0 Å². The first-order valence-electron chi connectivity index (χ1n) is 31.5. The van der Waals surface area contributed by atoms with Gasteiger partial charge in [0, 0.05) is 59.6 Å². The molecule has 0 spiro atoms. The van der Waals surface area contributed by atoms with Crippen molar-refractivity contribution in [2.24, 2.45) is 14.1 Å². The number of hydrogen-bond donors (Lipinski definition) is 0. The van der Waals surface area contributed by atoms with Gasteiger partial charge in [-0.15, -0.1) is 0 Å². The lowest BCUT2D eigenvalue weighted by Gasteiger charge is -2.15. The third-order valence-corrected chi connectivity index (χ3v) is 18.2. The van der Waals surface area contributed by atoms with E-state index in [2.05, 4.69) is 174 Å². The van der Waals surface area contributed by atoms with Crippen molar-refractivity contribution in [1.82, 2.24) is 79.6 Å². The van der Waals surface area contributed by atoms with Crippen LogP contribution in [0.25, 0.3) is 0 Å². The zero-order chi connectivity index (χ0) is 71.4. The highest BCUT2D eigenvalue weighted by atomic mass is 16.2. The monoisotopic (exact) mass is 1250 g/mol. The highest BCUT2D eigenvalue weighted by Gasteiger charge is 2.09. The van der Waals surface area contributed by atoms with Crippen molar-refractivity contribution in [3.05, 3.63) is 214 Å². The van der Waals surface area contributed by atoms with Crippen LogP contribution in [0.3, 0.4) is 0 Å². The van der Waals surface area contributed by atoms with Gasteiger partial charge >= 0.3 is 5.69 Å². The number of pyridine rings is 1. The molecule has 0 saturated carbocycles. The van der Waals surface area contributed by atoms with E-state index in [1.807, 2.05) is 138 Å². The van der Waals surface area contributed by atoms with E-state index in [-0.39, 0.29) is 5.69 Å². The normalized spacial score (nSPS) is 10.1. The molecule has 92 heavy (non-hydrogen) atoms. The Morgan fingerprint density at radius 1 is 0.196 bits per heavy atom. The van der Waals surface area contributed by atoms with Crippen LogP contribution in [0.2, 0.25) is 0 Å². The molecule has 0 aliphatic heterocycles. The molecule has 0 N–H and O–H groups in total. The van der Waals surface area contributed by atoms with Crippen molar-refractivity contribution >= 4 is 0 Å². The van der Waals surface area contributed by atoms with Crippen LogP contribution in [-0.4, -0.2) is 79.6 Å². The molecule has 8 heterocycles. The summed E-state index contributed by atoms with van der Waals surface area (Å²) in [7, 11) is 3.33. The fourth-order valence-corrected chi connectivity index (χ4v) is 8.95. The fourth-order valence-electron chi connectivity index (χ4n) is 8.95. The SMILES string of the molecule is Cc1c(C)c(C)c(C)c(C)c1C.Cc1nc(C)c(C)c(C)c1C.Cc1nc(C)c(C)c(C)n1.Cc1nc(C)c(C)c(C)n1.Cc1nc(C)c(C)c(C)n1.Cc1nc(C)c(C)nc1C.Cc1nn(C)c(=O)n1C.Cc1nnc(C)c(C)c1C.Cc1nnc(C)c(C)c1C. The van der Waals surface area contributed by atoms with Crippen LogP contribution < -0.4 is 5.69 Å². The second kappa shape index (κ2) is 36.7. The number of aryl methyl sites for hydroxylation is 21. The summed E-state index contributed by atoms with van der Waals surface area (Å²) in [5.74, 6) is 3.32. The standard InChI is InChI=1S/C12H18.C10H15N.6C8H12N2.C5H9N3O/c1-7-8(2)10(4)12(6)11(5)9(7)3;1-6-7(2)9(4)11-10(5)8(6)3;1-5-6(2)10-8(4)7(3)9-5;3*1-5-6(2)9-8(4)10-7(5)3;2*1-5-6(2)8(4)10-9-7(5)3;1-4-6-8(3)5(9)7(4)2/h1-6H3;1-5H3;6*1-4H3;1-3H3. The number of hydrogen-bond acceptors (Lipinski definition) is 15. The van der Waals surface area contributed by atoms with Gasteiger partial charge in [0.2, 0.25) is 0 Å². The van der Waals surface area contributed by atoms with Gasteiger partial charge in [-0.1, -0.05) is 0 Å². The van der Waals surface area contributed by atoms with Gasteiger partial charge in [-0.25, -0.2) is 39.4 Å². The van der Waals surface area contributed by atoms with Gasteiger partial charge in [-0.05, 0) is 338 Å². The molecule has 0 bridgehead atoms. The van der Waals surface area contributed by atoms with E-state index in [1.54, 1.807) is 21.0 Å². The zero-order valence-corrected chi connectivity index (χ0v) is 64.1. The lowest BCUT2D eigenvalue weighted by atomic mass is 9.90. The van der Waals surface area contributed by atoms with E-state index in [4.69, 9.17) is 0 Å². The third-order valence-electron chi connectivity index (χ3n) is 18.2. The fraction of sp³-hybridized carbons (Fsp3) is 0.507. The van der Waals surface area contributed by atoms with Gasteiger partial charge in [-0.2, -0.15) is 25.5 Å². The minimum absolute atomic E-state index is 0.0764. The van der Waals surface area contributed by atoms with E-state index in [1.165, 1.54) is 98.3 Å². The van der Waals surface area contributed by atoms with Crippen LogP contribution in [0, 0.1) is 249 Å². The number of rotatable bonds is 0. The summed E-state index contributed by atoms with van der Waals surface area (Å²) in [6.45, 7) is 73.7. The summed E-state index contributed by atoms with van der Waals surface area (Å²) in [6, 6.07) is 0.